The van der Waals surface area contributed by atoms with Crippen molar-refractivity contribution < 1.29 is 9.90 Å². The van der Waals surface area contributed by atoms with Crippen molar-refractivity contribution in [1.29, 1.82) is 0 Å². The van der Waals surface area contributed by atoms with Gasteiger partial charge in [-0.2, -0.15) is 0 Å². The fourth-order valence-corrected chi connectivity index (χ4v) is 4.19. The molecule has 2 nitrogen and oxygen atoms in total. The Morgan fingerprint density at radius 2 is 2.26 bits per heavy atom. The topological polar surface area (TPSA) is 37.3 Å². The molecule has 102 valence electrons. The van der Waals surface area contributed by atoms with Crippen molar-refractivity contribution in [2.75, 3.05) is 0 Å². The summed E-state index contributed by atoms with van der Waals surface area (Å²) in [6.45, 7) is 2.11. The lowest BCUT2D eigenvalue weighted by Crippen LogP contribution is -2.40. The van der Waals surface area contributed by atoms with Crippen molar-refractivity contribution in [2.45, 2.75) is 45.1 Å². The third-order valence-corrected chi connectivity index (χ3v) is 5.46. The zero-order valence-corrected chi connectivity index (χ0v) is 12.7. The second-order valence-electron chi connectivity index (χ2n) is 6.07. The molecule has 0 heterocycles. The maximum absolute atomic E-state index is 12.8. The van der Waals surface area contributed by atoms with Gasteiger partial charge in [-0.1, -0.05) is 35.3 Å². The highest BCUT2D eigenvalue weighted by atomic mass is 79.9. The Bertz CT molecular complexity index is 525. The van der Waals surface area contributed by atoms with Crippen LogP contribution in [0.1, 0.15) is 48.5 Å². The van der Waals surface area contributed by atoms with E-state index in [1.54, 1.807) is 0 Å². The highest BCUT2D eigenvalue weighted by molar-refractivity contribution is 9.10. The maximum Gasteiger partial charge on any atom is 0.169 e. The van der Waals surface area contributed by atoms with Crippen LogP contribution in [-0.2, 0) is 6.42 Å². The van der Waals surface area contributed by atoms with Crippen molar-refractivity contribution >= 4 is 21.7 Å². The lowest BCUT2D eigenvalue weighted by molar-refractivity contribution is 0.0128. The molecule has 3 atom stereocenters. The highest BCUT2D eigenvalue weighted by Gasteiger charge is 2.49. The van der Waals surface area contributed by atoms with E-state index >= 15 is 0 Å². The smallest absolute Gasteiger partial charge is 0.169 e. The summed E-state index contributed by atoms with van der Waals surface area (Å²) in [6.07, 6.45) is 4.03. The van der Waals surface area contributed by atoms with E-state index in [0.717, 1.165) is 42.1 Å². The number of rotatable bonds is 1. The molecule has 0 aromatic heterocycles. The van der Waals surface area contributed by atoms with E-state index in [1.165, 1.54) is 5.56 Å². The number of carbonyl (C=O) groups is 1. The molecule has 0 bridgehead atoms. The average molecular weight is 323 g/mol. The summed E-state index contributed by atoms with van der Waals surface area (Å²) in [5, 5.41) is 10.0. The fraction of sp³-hybridized carbons (Fsp3) is 0.562. The summed E-state index contributed by atoms with van der Waals surface area (Å²) in [7, 11) is 0. The lowest BCUT2D eigenvalue weighted by atomic mass is 9.65. The minimum Gasteiger partial charge on any atom is -0.393 e. The average Bonchev–Trinajstić information content (AvgIpc) is 2.67. The zero-order valence-electron chi connectivity index (χ0n) is 11.2. The van der Waals surface area contributed by atoms with Gasteiger partial charge in [0, 0.05) is 15.5 Å². The van der Waals surface area contributed by atoms with E-state index in [-0.39, 0.29) is 17.4 Å². The Labute approximate surface area is 122 Å². The van der Waals surface area contributed by atoms with Crippen LogP contribution in [0.25, 0.3) is 0 Å². The summed E-state index contributed by atoms with van der Waals surface area (Å²) in [5.74, 6) is 0.574. The van der Waals surface area contributed by atoms with Crippen molar-refractivity contribution in [2.24, 2.45) is 11.3 Å². The number of aliphatic hydroxyl groups is 1. The Morgan fingerprint density at radius 1 is 1.47 bits per heavy atom. The largest absolute Gasteiger partial charge is 0.393 e. The van der Waals surface area contributed by atoms with Gasteiger partial charge in [0.25, 0.3) is 0 Å². The molecule has 3 rings (SSSR count). The van der Waals surface area contributed by atoms with Gasteiger partial charge in [-0.3, -0.25) is 4.79 Å². The van der Waals surface area contributed by atoms with Gasteiger partial charge in [-0.15, -0.1) is 0 Å². The zero-order chi connectivity index (χ0) is 13.6. The molecule has 1 spiro atoms. The normalized spacial score (nSPS) is 33.7. The first kappa shape index (κ1) is 13.3. The molecule has 1 saturated carbocycles. The predicted octanol–water partition coefficient (Wildman–Crippen LogP) is 3.75. The van der Waals surface area contributed by atoms with Crippen LogP contribution in [0.5, 0.6) is 0 Å². The lowest BCUT2D eigenvalue weighted by Gasteiger charge is -2.39. The van der Waals surface area contributed by atoms with Gasteiger partial charge in [0.1, 0.15) is 0 Å². The van der Waals surface area contributed by atoms with Crippen LogP contribution < -0.4 is 0 Å². The van der Waals surface area contributed by atoms with Crippen LogP contribution in [0.2, 0.25) is 0 Å². The van der Waals surface area contributed by atoms with Crippen molar-refractivity contribution in [3.05, 3.63) is 33.8 Å². The summed E-state index contributed by atoms with van der Waals surface area (Å²) in [5.41, 5.74) is 1.84. The van der Waals surface area contributed by atoms with Crippen LogP contribution in [-0.4, -0.2) is 17.0 Å². The van der Waals surface area contributed by atoms with Crippen LogP contribution in [0.3, 0.4) is 0 Å². The van der Waals surface area contributed by atoms with Gasteiger partial charge < -0.3 is 5.11 Å². The Morgan fingerprint density at radius 3 is 3.00 bits per heavy atom. The van der Waals surface area contributed by atoms with E-state index in [0.29, 0.717) is 5.78 Å². The van der Waals surface area contributed by atoms with E-state index in [9.17, 15) is 9.90 Å². The van der Waals surface area contributed by atoms with Crippen LogP contribution >= 0.6 is 15.9 Å². The summed E-state index contributed by atoms with van der Waals surface area (Å²) in [4.78, 5) is 12.8. The first-order chi connectivity index (χ1) is 9.05. The van der Waals surface area contributed by atoms with Gasteiger partial charge >= 0.3 is 0 Å². The van der Waals surface area contributed by atoms with Gasteiger partial charge in [0.05, 0.1) is 6.10 Å². The molecule has 0 aliphatic heterocycles. The van der Waals surface area contributed by atoms with E-state index in [1.807, 2.05) is 12.1 Å². The molecule has 1 aromatic rings. The minimum absolute atomic E-state index is 0.223. The molecule has 19 heavy (non-hydrogen) atoms. The third kappa shape index (κ3) is 2.07. The molecular formula is C16H19BrO2. The number of aliphatic hydroxyl groups excluding tert-OH is 1. The third-order valence-electron chi connectivity index (χ3n) is 4.97. The molecule has 3 heteroatoms. The Kier molecular flexibility index (Phi) is 3.30. The Hall–Kier alpha value is -0.670. The number of hydrogen-bond acceptors (Lipinski definition) is 2. The molecule has 0 radical (unpaired) electrons. The van der Waals surface area contributed by atoms with Gasteiger partial charge in [-0.05, 0) is 49.3 Å². The molecule has 3 unspecified atom stereocenters. The summed E-state index contributed by atoms with van der Waals surface area (Å²) < 4.78 is 0.972. The second kappa shape index (κ2) is 4.71. The van der Waals surface area contributed by atoms with Gasteiger partial charge in [0.2, 0.25) is 0 Å². The quantitative estimate of drug-likeness (QED) is 0.855. The number of halogens is 1. The monoisotopic (exact) mass is 322 g/mol. The van der Waals surface area contributed by atoms with Crippen LogP contribution in [0.4, 0.5) is 0 Å². The fourth-order valence-electron chi connectivity index (χ4n) is 3.83. The first-order valence-corrected chi connectivity index (χ1v) is 7.86. The summed E-state index contributed by atoms with van der Waals surface area (Å²) >= 11 is 3.45. The molecule has 1 fully saturated rings. The number of ketones is 1. The molecular weight excluding hydrogens is 304 g/mol. The highest BCUT2D eigenvalue weighted by Crippen LogP contribution is 2.49. The van der Waals surface area contributed by atoms with Crippen LogP contribution in [0.15, 0.2) is 22.7 Å². The van der Waals surface area contributed by atoms with Crippen LogP contribution in [0, 0.1) is 11.3 Å². The van der Waals surface area contributed by atoms with Crippen molar-refractivity contribution in [1.82, 2.24) is 0 Å². The predicted molar refractivity (Wildman–Crippen MR) is 78.2 cm³/mol. The minimum atomic E-state index is -0.233. The van der Waals surface area contributed by atoms with E-state index in [2.05, 4.69) is 28.9 Å². The molecule has 1 aromatic carbocycles. The van der Waals surface area contributed by atoms with Crippen molar-refractivity contribution in [3.63, 3.8) is 0 Å². The number of fused-ring (bicyclic) bond motifs is 1. The second-order valence-corrected chi connectivity index (χ2v) is 6.98. The molecule has 2 aliphatic carbocycles. The molecule has 2 aliphatic rings. The molecule has 0 amide bonds. The molecule has 1 N–H and O–H groups in total. The number of benzene rings is 1. The van der Waals surface area contributed by atoms with E-state index in [4.69, 9.17) is 0 Å². The van der Waals surface area contributed by atoms with E-state index < -0.39 is 0 Å². The van der Waals surface area contributed by atoms with Crippen molar-refractivity contribution in [3.8, 4) is 0 Å². The maximum atomic E-state index is 12.8. The summed E-state index contributed by atoms with van der Waals surface area (Å²) in [6, 6.07) is 6.04. The number of hydrogen-bond donors (Lipinski definition) is 1. The molecule has 0 saturated heterocycles. The number of Topliss-reactive ketones (excluding diaryl/α,β-unsaturated/α-hetero) is 1. The van der Waals surface area contributed by atoms with Gasteiger partial charge in [0.15, 0.2) is 5.78 Å². The Balaban J connectivity index is 1.94. The number of carbonyl (C=O) groups excluding carboxylic acids is 1. The SMILES string of the molecule is CCC1CC2(CCC1O)Cc1ccc(Br)cc1C2=O. The van der Waals surface area contributed by atoms with Gasteiger partial charge in [-0.25, -0.2) is 0 Å². The standard InChI is InChI=1S/C16H19BrO2/c1-2-10-8-16(6-5-14(10)18)9-11-3-4-12(17)7-13(11)15(16)19/h3-4,7,10,14,18H,2,5-6,8-9H2,1H3. The first-order valence-electron chi connectivity index (χ1n) is 7.07.